The van der Waals surface area contributed by atoms with Gasteiger partial charge in [-0.25, -0.2) is 9.78 Å². The Morgan fingerprint density at radius 3 is 2.50 bits per heavy atom. The number of ether oxygens (including phenoxy) is 2. The number of hydrogen-bond donors (Lipinski definition) is 1. The second kappa shape index (κ2) is 12.3. The minimum absolute atomic E-state index is 0.211. The Morgan fingerprint density at radius 2 is 1.76 bits per heavy atom. The molecule has 198 valence electrons. The van der Waals surface area contributed by atoms with Crippen molar-refractivity contribution in [1.29, 1.82) is 0 Å². The van der Waals surface area contributed by atoms with Gasteiger partial charge in [0.25, 0.3) is 5.56 Å². The van der Waals surface area contributed by atoms with Crippen LogP contribution in [-0.2, 0) is 0 Å². The molecule has 0 aliphatic rings. The summed E-state index contributed by atoms with van der Waals surface area (Å²) in [5.41, 5.74) is 1.58. The molecule has 0 spiro atoms. The highest BCUT2D eigenvalue weighted by atomic mass is 16.5. The minimum Gasteiger partial charge on any atom is -0.497 e. The highest BCUT2D eigenvalue weighted by Gasteiger charge is 2.29. The Bertz CT molecular complexity index is 1470. The van der Waals surface area contributed by atoms with E-state index in [0.29, 0.717) is 52.6 Å². The van der Waals surface area contributed by atoms with Crippen LogP contribution in [0.2, 0.25) is 0 Å². The van der Waals surface area contributed by atoms with Gasteiger partial charge in [-0.2, -0.15) is 0 Å². The van der Waals surface area contributed by atoms with E-state index in [1.807, 2.05) is 67.6 Å². The molecular formula is C30H34N4O4. The second-order valence-corrected chi connectivity index (χ2v) is 8.93. The van der Waals surface area contributed by atoms with Crippen LogP contribution in [0.4, 0.5) is 10.5 Å². The van der Waals surface area contributed by atoms with Gasteiger partial charge in [0, 0.05) is 18.3 Å². The van der Waals surface area contributed by atoms with E-state index in [1.165, 1.54) is 0 Å². The zero-order valence-electron chi connectivity index (χ0n) is 22.3. The van der Waals surface area contributed by atoms with Gasteiger partial charge in [0.1, 0.15) is 17.3 Å². The number of urea groups is 1. The minimum atomic E-state index is -0.477. The predicted molar refractivity (Wildman–Crippen MR) is 151 cm³/mol. The van der Waals surface area contributed by atoms with E-state index in [9.17, 15) is 9.59 Å². The van der Waals surface area contributed by atoms with Crippen molar-refractivity contribution in [1.82, 2.24) is 14.5 Å². The fourth-order valence-electron chi connectivity index (χ4n) is 4.59. The van der Waals surface area contributed by atoms with Crippen LogP contribution < -0.4 is 20.3 Å². The number of carbonyl (C=O) groups excluding carboxylic acids is 1. The molecule has 8 nitrogen and oxygen atoms in total. The van der Waals surface area contributed by atoms with E-state index in [1.54, 1.807) is 35.8 Å². The van der Waals surface area contributed by atoms with Gasteiger partial charge in [-0.15, -0.1) is 0 Å². The number of fused-ring (bicyclic) bond motifs is 1. The largest absolute Gasteiger partial charge is 0.497 e. The van der Waals surface area contributed by atoms with Crippen LogP contribution in [0, 0.1) is 0 Å². The van der Waals surface area contributed by atoms with Crippen LogP contribution in [0.25, 0.3) is 16.6 Å². The number of amides is 2. The van der Waals surface area contributed by atoms with Gasteiger partial charge in [0.05, 0.1) is 36.9 Å². The lowest BCUT2D eigenvalue weighted by molar-refractivity contribution is 0.180. The molecule has 1 N–H and O–H groups in total. The van der Waals surface area contributed by atoms with Crippen molar-refractivity contribution < 1.29 is 14.3 Å². The molecule has 3 aromatic carbocycles. The van der Waals surface area contributed by atoms with Gasteiger partial charge in [-0.1, -0.05) is 50.6 Å². The van der Waals surface area contributed by atoms with E-state index in [2.05, 4.69) is 12.2 Å². The van der Waals surface area contributed by atoms with Crippen molar-refractivity contribution in [3.8, 4) is 17.2 Å². The first-order chi connectivity index (χ1) is 18.5. The van der Waals surface area contributed by atoms with Crippen LogP contribution in [0.3, 0.4) is 0 Å². The van der Waals surface area contributed by atoms with Gasteiger partial charge in [-0.3, -0.25) is 9.36 Å². The summed E-state index contributed by atoms with van der Waals surface area (Å²) in [6.45, 7) is 4.58. The number of anilines is 1. The number of hydrogen-bond acceptors (Lipinski definition) is 5. The number of rotatable bonds is 10. The summed E-state index contributed by atoms with van der Waals surface area (Å²) in [6, 6.07) is 21.1. The molecule has 0 aliphatic heterocycles. The summed E-state index contributed by atoms with van der Waals surface area (Å²) < 4.78 is 12.5. The summed E-state index contributed by atoms with van der Waals surface area (Å²) >= 11 is 0. The summed E-state index contributed by atoms with van der Waals surface area (Å²) in [5, 5.41) is 3.51. The number of nitrogens with zero attached hydrogens (tertiary/aromatic N) is 3. The van der Waals surface area contributed by atoms with Gasteiger partial charge in [0.15, 0.2) is 0 Å². The van der Waals surface area contributed by atoms with Crippen LogP contribution in [0.1, 0.15) is 45.0 Å². The Kier molecular flexibility index (Phi) is 8.63. The maximum atomic E-state index is 13.9. The normalized spacial score (nSPS) is 11.7. The molecule has 4 aromatic rings. The monoisotopic (exact) mass is 514 g/mol. The quantitative estimate of drug-likeness (QED) is 0.273. The first kappa shape index (κ1) is 26.7. The number of benzene rings is 3. The number of methoxy groups -OCH3 is 2. The first-order valence-corrected chi connectivity index (χ1v) is 12.9. The molecule has 8 heteroatoms. The molecule has 38 heavy (non-hydrogen) atoms. The number of aromatic nitrogens is 2. The SMILES string of the molecule is CCCCN(C(=O)Nc1cccc(OC)c1)C(CC)c1nc2ccccc2c(=O)n1-c1ccccc1OC. The third-order valence-electron chi connectivity index (χ3n) is 6.52. The van der Waals surface area contributed by atoms with Crippen molar-refractivity contribution in [3.05, 3.63) is 89.0 Å². The van der Waals surface area contributed by atoms with Crippen molar-refractivity contribution in [2.75, 3.05) is 26.1 Å². The van der Waals surface area contributed by atoms with Gasteiger partial charge in [-0.05, 0) is 49.2 Å². The number of carbonyl (C=O) groups is 1. The molecule has 0 saturated carbocycles. The molecule has 0 bridgehead atoms. The Hall–Kier alpha value is -4.33. The first-order valence-electron chi connectivity index (χ1n) is 12.9. The van der Waals surface area contributed by atoms with Crippen molar-refractivity contribution in [2.45, 2.75) is 39.2 Å². The smallest absolute Gasteiger partial charge is 0.322 e. The van der Waals surface area contributed by atoms with E-state index in [-0.39, 0.29) is 11.6 Å². The lowest BCUT2D eigenvalue weighted by Gasteiger charge is -2.32. The standard InChI is InChI=1S/C30H34N4O4/c1-5-7-19-33(30(36)31-21-13-12-14-22(20-21)37-3)25(6-2)28-32-24-16-9-8-15-23(24)29(35)34(28)26-17-10-11-18-27(26)38-4/h8-18,20,25H,5-7,19H2,1-4H3,(H,31,36). The van der Waals surface area contributed by atoms with Crippen molar-refractivity contribution in [3.63, 3.8) is 0 Å². The average molecular weight is 515 g/mol. The molecular weight excluding hydrogens is 480 g/mol. The average Bonchev–Trinajstić information content (AvgIpc) is 2.95. The summed E-state index contributed by atoms with van der Waals surface area (Å²) in [4.78, 5) is 34.4. The van der Waals surface area contributed by atoms with Crippen molar-refractivity contribution in [2.24, 2.45) is 0 Å². The predicted octanol–water partition coefficient (Wildman–Crippen LogP) is 6.19. The zero-order valence-corrected chi connectivity index (χ0v) is 22.3. The Labute approximate surface area is 222 Å². The van der Waals surface area contributed by atoms with Crippen LogP contribution in [0.5, 0.6) is 11.5 Å². The molecule has 1 heterocycles. The highest BCUT2D eigenvalue weighted by molar-refractivity contribution is 5.90. The number of para-hydroxylation sites is 3. The van der Waals surface area contributed by atoms with E-state index in [4.69, 9.17) is 14.5 Å². The van der Waals surface area contributed by atoms with Crippen LogP contribution in [0.15, 0.2) is 77.6 Å². The number of nitrogens with one attached hydrogen (secondary N) is 1. The van der Waals surface area contributed by atoms with Gasteiger partial charge in [0.2, 0.25) is 0 Å². The molecule has 0 saturated heterocycles. The molecule has 1 atom stereocenters. The molecule has 0 fully saturated rings. The summed E-state index contributed by atoms with van der Waals surface area (Å²) in [6.07, 6.45) is 2.26. The molecule has 1 aromatic heterocycles. The number of unbranched alkanes of at least 4 members (excludes halogenated alkanes) is 1. The Morgan fingerprint density at radius 1 is 1.00 bits per heavy atom. The molecule has 0 radical (unpaired) electrons. The maximum absolute atomic E-state index is 13.9. The third kappa shape index (κ3) is 5.49. The molecule has 0 aliphatic carbocycles. The lowest BCUT2D eigenvalue weighted by atomic mass is 10.1. The lowest BCUT2D eigenvalue weighted by Crippen LogP contribution is -2.41. The third-order valence-corrected chi connectivity index (χ3v) is 6.52. The summed E-state index contributed by atoms with van der Waals surface area (Å²) in [5.74, 6) is 1.68. The fraction of sp³-hybridized carbons (Fsp3) is 0.300. The van der Waals surface area contributed by atoms with E-state index >= 15 is 0 Å². The highest BCUT2D eigenvalue weighted by Crippen LogP contribution is 2.30. The topological polar surface area (TPSA) is 85.7 Å². The molecule has 4 rings (SSSR count). The zero-order chi connectivity index (χ0) is 27.1. The van der Waals surface area contributed by atoms with Crippen LogP contribution >= 0.6 is 0 Å². The van der Waals surface area contributed by atoms with E-state index in [0.717, 1.165) is 12.8 Å². The van der Waals surface area contributed by atoms with Gasteiger partial charge >= 0.3 is 6.03 Å². The Balaban J connectivity index is 1.88. The summed E-state index contributed by atoms with van der Waals surface area (Å²) in [7, 11) is 3.16. The maximum Gasteiger partial charge on any atom is 0.322 e. The van der Waals surface area contributed by atoms with E-state index < -0.39 is 6.04 Å². The fourth-order valence-corrected chi connectivity index (χ4v) is 4.59. The molecule has 2 amide bonds. The van der Waals surface area contributed by atoms with Crippen LogP contribution in [-0.4, -0.2) is 41.2 Å². The second-order valence-electron chi connectivity index (χ2n) is 8.93. The molecule has 1 unspecified atom stereocenters. The van der Waals surface area contributed by atoms with Gasteiger partial charge < -0.3 is 19.7 Å². The van der Waals surface area contributed by atoms with Crippen molar-refractivity contribution >= 4 is 22.6 Å².